The van der Waals surface area contributed by atoms with Gasteiger partial charge in [-0.15, -0.1) is 0 Å². The Balaban J connectivity index is 2.54. The number of alkyl halides is 3. The number of aliphatic hydroxyl groups is 1. The first-order chi connectivity index (χ1) is 8.71. The second-order valence-electron chi connectivity index (χ2n) is 3.52. The summed E-state index contributed by atoms with van der Waals surface area (Å²) >= 11 is 3.17. The van der Waals surface area contributed by atoms with Crippen LogP contribution in [-0.4, -0.2) is 23.7 Å². The molecule has 0 spiro atoms. The number of halogens is 4. The summed E-state index contributed by atoms with van der Waals surface area (Å²) in [4.78, 5) is 10.5. The number of aliphatic hydroxyl groups excluding tert-OH is 1. The summed E-state index contributed by atoms with van der Waals surface area (Å²) in [5, 5.41) is 11.4. The molecule has 1 rings (SSSR count). The summed E-state index contributed by atoms with van der Waals surface area (Å²) < 4.78 is 43.9. The summed E-state index contributed by atoms with van der Waals surface area (Å²) in [5.74, 6) is -2.04. The second kappa shape index (κ2) is 6.19. The van der Waals surface area contributed by atoms with Gasteiger partial charge in [0.2, 0.25) is 0 Å². The van der Waals surface area contributed by atoms with E-state index in [4.69, 9.17) is 1.37 Å². The molecular formula is C11H11BrF3NO2. The summed E-state index contributed by atoms with van der Waals surface area (Å²) in [5.41, 5.74) is 0.288. The number of amides is 1. The van der Waals surface area contributed by atoms with Crippen LogP contribution >= 0.6 is 15.9 Å². The van der Waals surface area contributed by atoms with Gasteiger partial charge in [-0.2, -0.15) is 13.2 Å². The Kier molecular flexibility index (Phi) is 4.60. The Morgan fingerprint density at radius 1 is 1.61 bits per heavy atom. The Morgan fingerprint density at radius 2 is 2.28 bits per heavy atom. The van der Waals surface area contributed by atoms with Crippen LogP contribution in [0.15, 0.2) is 28.7 Å². The minimum atomic E-state index is -4.93. The van der Waals surface area contributed by atoms with E-state index < -0.39 is 18.2 Å². The number of carbonyl (C=O) groups excluding carboxylic acids is 1. The highest BCUT2D eigenvalue weighted by atomic mass is 79.9. The molecule has 0 fully saturated rings. The molecule has 2 N–H and O–H groups in total. The molecule has 0 aromatic heterocycles. The third-order valence-electron chi connectivity index (χ3n) is 2.11. The molecule has 1 unspecified atom stereocenters. The van der Waals surface area contributed by atoms with Crippen LogP contribution in [0.4, 0.5) is 13.2 Å². The molecule has 1 amide bonds. The third-order valence-corrected chi connectivity index (χ3v) is 2.60. The first-order valence-corrected chi connectivity index (χ1v) is 5.80. The molecule has 0 heterocycles. The fourth-order valence-corrected chi connectivity index (χ4v) is 1.61. The van der Waals surface area contributed by atoms with Gasteiger partial charge >= 0.3 is 12.1 Å². The Bertz CT molecular complexity index is 468. The van der Waals surface area contributed by atoms with Gasteiger partial charge in [0.05, 0.1) is 7.47 Å². The lowest BCUT2D eigenvalue weighted by Gasteiger charge is -2.12. The van der Waals surface area contributed by atoms with Crippen LogP contribution < -0.4 is 5.32 Å². The van der Waals surface area contributed by atoms with Gasteiger partial charge in [-0.25, -0.2) is 0 Å². The van der Waals surface area contributed by atoms with Crippen LogP contribution in [-0.2, 0) is 4.79 Å². The largest absolute Gasteiger partial charge is 0.471 e. The molecule has 18 heavy (non-hydrogen) atoms. The molecule has 100 valence electrons. The van der Waals surface area contributed by atoms with Crippen molar-refractivity contribution >= 4 is 21.8 Å². The van der Waals surface area contributed by atoms with Crippen molar-refractivity contribution < 1.29 is 24.4 Å². The smallest absolute Gasteiger partial charge is 0.388 e. The zero-order chi connectivity index (χ0) is 14.6. The number of rotatable bonds is 4. The minimum absolute atomic E-state index is 0.0813. The number of hydrogen-bond acceptors (Lipinski definition) is 2. The fourth-order valence-electron chi connectivity index (χ4n) is 1.23. The summed E-state index contributed by atoms with van der Waals surface area (Å²) in [6.07, 6.45) is -6.15. The zero-order valence-electron chi connectivity index (χ0n) is 10.1. The third kappa shape index (κ3) is 4.66. The van der Waals surface area contributed by atoms with E-state index in [0.29, 0.717) is 4.47 Å². The highest BCUT2D eigenvalue weighted by Crippen LogP contribution is 2.20. The lowest BCUT2D eigenvalue weighted by atomic mass is 10.1. The SMILES string of the molecule is [2H]c1ccc(Br)cc1C(O)CCNC(=O)C(F)(F)F. The van der Waals surface area contributed by atoms with Crippen molar-refractivity contribution in [2.45, 2.75) is 18.7 Å². The molecule has 0 saturated carbocycles. The highest BCUT2D eigenvalue weighted by molar-refractivity contribution is 9.10. The molecule has 1 aromatic rings. The number of nitrogens with one attached hydrogen (secondary N) is 1. The average Bonchev–Trinajstić information content (AvgIpc) is 2.30. The van der Waals surface area contributed by atoms with E-state index >= 15 is 0 Å². The quantitative estimate of drug-likeness (QED) is 0.893. The predicted octanol–water partition coefficient (Wildman–Crippen LogP) is 2.55. The van der Waals surface area contributed by atoms with E-state index in [-0.39, 0.29) is 24.6 Å². The van der Waals surface area contributed by atoms with Crippen molar-refractivity contribution in [3.63, 3.8) is 0 Å². The van der Waals surface area contributed by atoms with Crippen molar-refractivity contribution in [2.75, 3.05) is 6.54 Å². The Morgan fingerprint density at radius 3 is 2.89 bits per heavy atom. The van der Waals surface area contributed by atoms with Crippen LogP contribution in [0.5, 0.6) is 0 Å². The number of carbonyl (C=O) groups is 1. The predicted molar refractivity (Wildman–Crippen MR) is 62.8 cm³/mol. The fraction of sp³-hybridized carbons (Fsp3) is 0.364. The normalized spacial score (nSPS) is 13.9. The van der Waals surface area contributed by atoms with E-state index in [1.165, 1.54) is 12.1 Å². The van der Waals surface area contributed by atoms with Gasteiger partial charge in [0.15, 0.2) is 0 Å². The van der Waals surface area contributed by atoms with Gasteiger partial charge in [-0.3, -0.25) is 4.79 Å². The molecule has 0 aliphatic heterocycles. The molecule has 1 atom stereocenters. The molecular weight excluding hydrogens is 315 g/mol. The maximum Gasteiger partial charge on any atom is 0.471 e. The standard InChI is InChI=1S/C11H11BrF3NO2/c12-8-3-1-2-7(6-8)9(17)4-5-16-10(18)11(13,14)15/h1-3,6,9,17H,4-5H2,(H,16,18)/i2D. The Hall–Kier alpha value is -1.08. The number of hydrogen-bond donors (Lipinski definition) is 2. The van der Waals surface area contributed by atoms with E-state index in [1.807, 2.05) is 0 Å². The van der Waals surface area contributed by atoms with Crippen molar-refractivity contribution in [1.29, 1.82) is 0 Å². The van der Waals surface area contributed by atoms with Gasteiger partial charge in [-0.1, -0.05) is 28.0 Å². The molecule has 3 nitrogen and oxygen atoms in total. The van der Waals surface area contributed by atoms with Crippen molar-refractivity contribution in [3.05, 3.63) is 34.3 Å². The van der Waals surface area contributed by atoms with Crippen LogP contribution in [0.25, 0.3) is 0 Å². The summed E-state index contributed by atoms with van der Waals surface area (Å²) in [7, 11) is 0. The molecule has 7 heteroatoms. The van der Waals surface area contributed by atoms with Gasteiger partial charge in [0.1, 0.15) is 0 Å². The number of benzene rings is 1. The first kappa shape index (κ1) is 13.4. The molecule has 0 radical (unpaired) electrons. The molecule has 0 aliphatic carbocycles. The maximum absolute atomic E-state index is 11.9. The highest BCUT2D eigenvalue weighted by Gasteiger charge is 2.38. The van der Waals surface area contributed by atoms with Crippen molar-refractivity contribution in [3.8, 4) is 0 Å². The van der Waals surface area contributed by atoms with Crippen LogP contribution in [0, 0.1) is 0 Å². The van der Waals surface area contributed by atoms with E-state index in [9.17, 15) is 23.1 Å². The average molecular weight is 327 g/mol. The molecule has 0 aliphatic rings. The zero-order valence-corrected chi connectivity index (χ0v) is 10.7. The van der Waals surface area contributed by atoms with Crippen LogP contribution in [0.3, 0.4) is 0 Å². The Labute approximate surface area is 112 Å². The lowest BCUT2D eigenvalue weighted by molar-refractivity contribution is -0.173. The van der Waals surface area contributed by atoms with Gasteiger partial charge in [-0.05, 0) is 24.1 Å². The summed E-state index contributed by atoms with van der Waals surface area (Å²) in [6.45, 7) is -0.328. The van der Waals surface area contributed by atoms with Gasteiger partial charge in [0.25, 0.3) is 0 Å². The van der Waals surface area contributed by atoms with Gasteiger partial charge in [0, 0.05) is 11.0 Å². The van der Waals surface area contributed by atoms with E-state index in [1.54, 1.807) is 11.4 Å². The topological polar surface area (TPSA) is 49.3 Å². The molecule has 0 saturated heterocycles. The minimum Gasteiger partial charge on any atom is -0.388 e. The van der Waals surface area contributed by atoms with E-state index in [2.05, 4.69) is 15.9 Å². The lowest BCUT2D eigenvalue weighted by Crippen LogP contribution is -2.37. The van der Waals surface area contributed by atoms with Crippen molar-refractivity contribution in [2.24, 2.45) is 0 Å². The molecule has 1 aromatic carbocycles. The van der Waals surface area contributed by atoms with Gasteiger partial charge < -0.3 is 10.4 Å². The van der Waals surface area contributed by atoms with E-state index in [0.717, 1.165) is 0 Å². The summed E-state index contributed by atoms with van der Waals surface area (Å²) in [6, 6.07) is 4.66. The van der Waals surface area contributed by atoms with Crippen molar-refractivity contribution in [1.82, 2.24) is 5.32 Å². The molecule has 0 bridgehead atoms. The monoisotopic (exact) mass is 326 g/mol. The first-order valence-electron chi connectivity index (χ1n) is 5.51. The van der Waals surface area contributed by atoms with Crippen LogP contribution in [0.2, 0.25) is 0 Å². The van der Waals surface area contributed by atoms with Crippen LogP contribution in [0.1, 0.15) is 19.5 Å². The maximum atomic E-state index is 11.9. The second-order valence-corrected chi connectivity index (χ2v) is 4.44.